The third kappa shape index (κ3) is 4.28. The Morgan fingerprint density at radius 1 is 1.07 bits per heavy atom. The standard InChI is InChI=1S/C22H23N3O3/c1-4-20(22(27)23-17-9-11-18(28-3)12-10-17)25-21(26)14-13-19(24-25)16-7-5-15(2)6-8-16/h5-14,20H,4H2,1-3H3,(H,23,27)/t20-/m0/s1. The van der Waals surface area contributed by atoms with E-state index < -0.39 is 6.04 Å². The molecular formula is C22H23N3O3. The van der Waals surface area contributed by atoms with Crippen LogP contribution in [0.25, 0.3) is 11.3 Å². The Balaban J connectivity index is 1.88. The van der Waals surface area contributed by atoms with E-state index in [2.05, 4.69) is 10.4 Å². The molecule has 0 unspecified atom stereocenters. The lowest BCUT2D eigenvalue weighted by Crippen LogP contribution is -2.34. The number of rotatable bonds is 6. The molecule has 1 N–H and O–H groups in total. The summed E-state index contributed by atoms with van der Waals surface area (Å²) in [5.41, 5.74) is 3.00. The van der Waals surface area contributed by atoms with Gasteiger partial charge in [0, 0.05) is 17.3 Å². The van der Waals surface area contributed by atoms with Crippen molar-refractivity contribution in [2.75, 3.05) is 12.4 Å². The van der Waals surface area contributed by atoms with Gasteiger partial charge in [0.2, 0.25) is 5.91 Å². The number of carbonyl (C=O) groups is 1. The summed E-state index contributed by atoms with van der Waals surface area (Å²) in [5, 5.41) is 7.30. The highest BCUT2D eigenvalue weighted by molar-refractivity contribution is 5.93. The molecule has 3 rings (SSSR count). The lowest BCUT2D eigenvalue weighted by atomic mass is 10.1. The van der Waals surface area contributed by atoms with Crippen molar-refractivity contribution in [2.24, 2.45) is 0 Å². The minimum atomic E-state index is -0.708. The third-order valence-corrected chi connectivity index (χ3v) is 4.51. The van der Waals surface area contributed by atoms with E-state index in [1.807, 2.05) is 38.1 Å². The van der Waals surface area contributed by atoms with Gasteiger partial charge >= 0.3 is 0 Å². The molecule has 0 saturated heterocycles. The van der Waals surface area contributed by atoms with Crippen LogP contribution >= 0.6 is 0 Å². The molecule has 0 aliphatic heterocycles. The fourth-order valence-corrected chi connectivity index (χ4v) is 2.90. The number of nitrogens with zero attached hydrogens (tertiary/aromatic N) is 2. The van der Waals surface area contributed by atoms with E-state index in [0.717, 1.165) is 11.1 Å². The maximum Gasteiger partial charge on any atom is 0.267 e. The molecule has 1 amide bonds. The van der Waals surface area contributed by atoms with E-state index in [1.165, 1.54) is 10.7 Å². The number of anilines is 1. The van der Waals surface area contributed by atoms with Crippen LogP contribution in [0, 0.1) is 6.92 Å². The van der Waals surface area contributed by atoms with Crippen molar-refractivity contribution in [3.8, 4) is 17.0 Å². The largest absolute Gasteiger partial charge is 0.497 e. The summed E-state index contributed by atoms with van der Waals surface area (Å²) in [6.45, 7) is 3.86. The minimum absolute atomic E-state index is 0.289. The first-order valence-electron chi connectivity index (χ1n) is 9.13. The van der Waals surface area contributed by atoms with Crippen LogP contribution in [0.15, 0.2) is 65.5 Å². The zero-order valence-corrected chi connectivity index (χ0v) is 16.2. The third-order valence-electron chi connectivity index (χ3n) is 4.51. The van der Waals surface area contributed by atoms with Gasteiger partial charge in [0.25, 0.3) is 5.56 Å². The number of ether oxygens (including phenoxy) is 1. The molecule has 0 aliphatic rings. The highest BCUT2D eigenvalue weighted by Crippen LogP contribution is 2.20. The van der Waals surface area contributed by atoms with Crippen LogP contribution in [-0.2, 0) is 4.79 Å². The molecule has 0 aliphatic carbocycles. The first-order valence-corrected chi connectivity index (χ1v) is 9.13. The quantitative estimate of drug-likeness (QED) is 0.709. The number of methoxy groups -OCH3 is 1. The Labute approximate surface area is 163 Å². The summed E-state index contributed by atoms with van der Waals surface area (Å²) in [7, 11) is 1.58. The molecule has 0 bridgehead atoms. The van der Waals surface area contributed by atoms with Gasteiger partial charge in [-0.3, -0.25) is 9.59 Å². The Morgan fingerprint density at radius 3 is 2.36 bits per heavy atom. The molecule has 0 spiro atoms. The minimum Gasteiger partial charge on any atom is -0.497 e. The summed E-state index contributed by atoms with van der Waals surface area (Å²) in [6, 6.07) is 17.3. The number of aryl methyl sites for hydroxylation is 1. The van der Waals surface area contributed by atoms with Gasteiger partial charge in [0.1, 0.15) is 11.8 Å². The molecular weight excluding hydrogens is 354 g/mol. The van der Waals surface area contributed by atoms with Crippen molar-refractivity contribution in [3.05, 3.63) is 76.6 Å². The van der Waals surface area contributed by atoms with Gasteiger partial charge < -0.3 is 10.1 Å². The van der Waals surface area contributed by atoms with Crippen molar-refractivity contribution in [1.29, 1.82) is 0 Å². The summed E-state index contributed by atoms with van der Waals surface area (Å²) >= 11 is 0. The van der Waals surface area contributed by atoms with Gasteiger partial charge in [-0.25, -0.2) is 4.68 Å². The van der Waals surface area contributed by atoms with Crippen LogP contribution in [-0.4, -0.2) is 22.8 Å². The summed E-state index contributed by atoms with van der Waals surface area (Å²) in [6.07, 6.45) is 0.437. The maximum absolute atomic E-state index is 12.8. The van der Waals surface area contributed by atoms with Crippen LogP contribution in [0.3, 0.4) is 0 Å². The molecule has 0 saturated carbocycles. The predicted octanol–water partition coefficient (Wildman–Crippen LogP) is 3.82. The smallest absolute Gasteiger partial charge is 0.267 e. The van der Waals surface area contributed by atoms with Gasteiger partial charge in [-0.15, -0.1) is 0 Å². The van der Waals surface area contributed by atoms with Crippen molar-refractivity contribution in [2.45, 2.75) is 26.3 Å². The van der Waals surface area contributed by atoms with E-state index in [0.29, 0.717) is 23.6 Å². The second-order valence-corrected chi connectivity index (χ2v) is 6.51. The molecule has 0 fully saturated rings. The molecule has 2 aromatic carbocycles. The maximum atomic E-state index is 12.8. The van der Waals surface area contributed by atoms with E-state index in [4.69, 9.17) is 4.74 Å². The topological polar surface area (TPSA) is 73.2 Å². The van der Waals surface area contributed by atoms with Gasteiger partial charge in [-0.05, 0) is 43.7 Å². The molecule has 144 valence electrons. The summed E-state index contributed by atoms with van der Waals surface area (Å²) in [5.74, 6) is 0.414. The molecule has 1 heterocycles. The highest BCUT2D eigenvalue weighted by atomic mass is 16.5. The van der Waals surface area contributed by atoms with E-state index >= 15 is 0 Å². The first-order chi connectivity index (χ1) is 13.5. The van der Waals surface area contributed by atoms with Gasteiger partial charge in [-0.1, -0.05) is 36.8 Å². The second-order valence-electron chi connectivity index (χ2n) is 6.51. The van der Waals surface area contributed by atoms with E-state index in [-0.39, 0.29) is 11.5 Å². The fraction of sp³-hybridized carbons (Fsp3) is 0.227. The average Bonchev–Trinajstić information content (AvgIpc) is 2.71. The zero-order valence-electron chi connectivity index (χ0n) is 16.2. The molecule has 1 atom stereocenters. The molecule has 6 nitrogen and oxygen atoms in total. The highest BCUT2D eigenvalue weighted by Gasteiger charge is 2.21. The first kappa shape index (κ1) is 19.4. The monoisotopic (exact) mass is 377 g/mol. The van der Waals surface area contributed by atoms with Crippen LogP contribution in [0.4, 0.5) is 5.69 Å². The van der Waals surface area contributed by atoms with E-state index in [9.17, 15) is 9.59 Å². The number of hydrogen-bond donors (Lipinski definition) is 1. The van der Waals surface area contributed by atoms with Crippen LogP contribution in [0.5, 0.6) is 5.75 Å². The van der Waals surface area contributed by atoms with Crippen molar-refractivity contribution >= 4 is 11.6 Å². The van der Waals surface area contributed by atoms with Crippen molar-refractivity contribution < 1.29 is 9.53 Å². The number of amides is 1. The molecule has 0 radical (unpaired) electrons. The number of hydrogen-bond acceptors (Lipinski definition) is 4. The van der Waals surface area contributed by atoms with Crippen LogP contribution in [0.1, 0.15) is 24.9 Å². The molecule has 1 aromatic heterocycles. The van der Waals surface area contributed by atoms with E-state index in [1.54, 1.807) is 37.4 Å². The Kier molecular flexibility index (Phi) is 5.89. The predicted molar refractivity (Wildman–Crippen MR) is 110 cm³/mol. The number of nitrogens with one attached hydrogen (secondary N) is 1. The SMILES string of the molecule is CC[C@@H](C(=O)Nc1ccc(OC)cc1)n1nc(-c2ccc(C)cc2)ccc1=O. The van der Waals surface area contributed by atoms with Gasteiger partial charge in [0.05, 0.1) is 12.8 Å². The Morgan fingerprint density at radius 2 is 1.75 bits per heavy atom. The Hall–Kier alpha value is -3.41. The second kappa shape index (κ2) is 8.52. The number of carbonyl (C=O) groups excluding carboxylic acids is 1. The summed E-state index contributed by atoms with van der Waals surface area (Å²) < 4.78 is 6.38. The van der Waals surface area contributed by atoms with Crippen LogP contribution < -0.4 is 15.6 Å². The zero-order chi connectivity index (χ0) is 20.1. The molecule has 28 heavy (non-hydrogen) atoms. The van der Waals surface area contributed by atoms with Crippen LogP contribution in [0.2, 0.25) is 0 Å². The molecule has 3 aromatic rings. The number of aromatic nitrogens is 2. The lowest BCUT2D eigenvalue weighted by Gasteiger charge is -2.17. The van der Waals surface area contributed by atoms with Crippen molar-refractivity contribution in [3.63, 3.8) is 0 Å². The van der Waals surface area contributed by atoms with Gasteiger partial charge in [-0.2, -0.15) is 5.10 Å². The summed E-state index contributed by atoms with van der Waals surface area (Å²) in [4.78, 5) is 25.2. The average molecular weight is 377 g/mol. The fourth-order valence-electron chi connectivity index (χ4n) is 2.90. The Bertz CT molecular complexity index is 1010. The molecule has 6 heteroatoms. The normalized spacial score (nSPS) is 11.7. The van der Waals surface area contributed by atoms with Gasteiger partial charge in [0.15, 0.2) is 0 Å². The number of benzene rings is 2. The lowest BCUT2D eigenvalue weighted by molar-refractivity contribution is -0.119. The van der Waals surface area contributed by atoms with Crippen molar-refractivity contribution in [1.82, 2.24) is 9.78 Å².